The largest absolute Gasteiger partial charge is 0.130 e. The molecule has 0 nitrogen and oxygen atoms in total. The molecule has 0 radical (unpaired) electrons. The Balaban J connectivity index is 1.84. The molecule has 0 atom stereocenters. The lowest BCUT2D eigenvalue weighted by atomic mass is 10.2. The quantitative estimate of drug-likeness (QED) is 0.433. The molecule has 0 aliphatic heterocycles. The van der Waals surface area contributed by atoms with Gasteiger partial charge in [-0.25, -0.2) is 0 Å². The molecule has 0 saturated heterocycles. The number of thioether (sulfide) groups is 1. The van der Waals surface area contributed by atoms with Crippen molar-refractivity contribution in [3.63, 3.8) is 0 Å². The van der Waals surface area contributed by atoms with E-state index in [0.29, 0.717) is 0 Å². The highest BCUT2D eigenvalue weighted by Gasteiger charge is 2.05. The first-order chi connectivity index (χ1) is 11.6. The third-order valence-electron chi connectivity index (χ3n) is 3.60. The zero-order valence-electron chi connectivity index (χ0n) is 14.1. The summed E-state index contributed by atoms with van der Waals surface area (Å²) in [6, 6.07) is 24.3. The molecule has 122 valence electrons. The van der Waals surface area contributed by atoms with Crippen LogP contribution in [0, 0.1) is 13.8 Å². The molecule has 3 rings (SSSR count). The summed E-state index contributed by atoms with van der Waals surface area (Å²) in [6.07, 6.45) is 2.13. The van der Waals surface area contributed by atoms with Crippen molar-refractivity contribution < 1.29 is 0 Å². The molecule has 0 N–H and O–H groups in total. The highest BCUT2D eigenvalue weighted by Crippen LogP contribution is 2.36. The van der Waals surface area contributed by atoms with Gasteiger partial charge in [0.1, 0.15) is 0 Å². The molecule has 0 fully saturated rings. The maximum Gasteiger partial charge on any atom is 0.0144 e. The van der Waals surface area contributed by atoms with Gasteiger partial charge in [-0.15, -0.1) is 11.8 Å². The predicted molar refractivity (Wildman–Crippen MR) is 109 cm³/mol. The summed E-state index contributed by atoms with van der Waals surface area (Å²) >= 11 is 5.45. The van der Waals surface area contributed by atoms with Gasteiger partial charge in [-0.3, -0.25) is 0 Å². The zero-order valence-corrected chi connectivity index (χ0v) is 16.5. The molecule has 0 aliphatic rings. The summed E-state index contributed by atoms with van der Waals surface area (Å²) in [4.78, 5) is 6.46. The van der Waals surface area contributed by atoms with Crippen LogP contribution >= 0.6 is 35.3 Å². The van der Waals surface area contributed by atoms with E-state index in [1.165, 1.54) is 35.6 Å². The Kier molecular flexibility index (Phi) is 5.99. The summed E-state index contributed by atoms with van der Waals surface area (Å²) in [6.45, 7) is 4.25. The molecule has 0 heterocycles. The second kappa shape index (κ2) is 8.19. The highest BCUT2D eigenvalue weighted by molar-refractivity contribution is 8.00. The van der Waals surface area contributed by atoms with Crippen molar-refractivity contribution >= 4 is 35.3 Å². The predicted octanol–water partition coefficient (Wildman–Crippen LogP) is 7.33. The summed E-state index contributed by atoms with van der Waals surface area (Å²) in [5.74, 6) is 0. The Labute approximate surface area is 157 Å². The molecular formula is C21H20S3. The molecule has 24 heavy (non-hydrogen) atoms. The fourth-order valence-corrected chi connectivity index (χ4v) is 4.81. The third kappa shape index (κ3) is 4.85. The first-order valence-electron chi connectivity index (χ1n) is 7.80. The number of hydrogen-bond acceptors (Lipinski definition) is 3. The van der Waals surface area contributed by atoms with Crippen LogP contribution in [0.15, 0.2) is 91.2 Å². The first-order valence-corrected chi connectivity index (χ1v) is 10.7. The van der Waals surface area contributed by atoms with Crippen LogP contribution in [0.2, 0.25) is 0 Å². The minimum absolute atomic E-state index is 1.28. The lowest BCUT2D eigenvalue weighted by molar-refractivity contribution is 1.22. The van der Waals surface area contributed by atoms with E-state index in [9.17, 15) is 0 Å². The van der Waals surface area contributed by atoms with Crippen LogP contribution in [-0.2, 0) is 0 Å². The molecular weight excluding hydrogens is 348 g/mol. The van der Waals surface area contributed by atoms with E-state index in [0.717, 1.165) is 0 Å². The average molecular weight is 369 g/mol. The first kappa shape index (κ1) is 17.5. The fourth-order valence-electron chi connectivity index (χ4n) is 2.27. The average Bonchev–Trinajstić information content (AvgIpc) is 2.59. The van der Waals surface area contributed by atoms with Crippen LogP contribution in [0.25, 0.3) is 0 Å². The number of benzene rings is 3. The summed E-state index contributed by atoms with van der Waals surface area (Å²) in [5.41, 5.74) is 2.60. The van der Waals surface area contributed by atoms with E-state index in [4.69, 9.17) is 0 Å². The van der Waals surface area contributed by atoms with Crippen molar-refractivity contribution in [2.45, 2.75) is 38.3 Å². The smallest absolute Gasteiger partial charge is 0.0144 e. The van der Waals surface area contributed by atoms with Gasteiger partial charge in [0.05, 0.1) is 0 Å². The molecule has 0 saturated carbocycles. The van der Waals surface area contributed by atoms with Gasteiger partial charge in [-0.2, -0.15) is 0 Å². The lowest BCUT2D eigenvalue weighted by Crippen LogP contribution is -1.81. The van der Waals surface area contributed by atoms with Crippen molar-refractivity contribution in [2.24, 2.45) is 0 Å². The van der Waals surface area contributed by atoms with Gasteiger partial charge in [-0.05, 0) is 62.6 Å². The summed E-state index contributed by atoms with van der Waals surface area (Å²) < 4.78 is 0. The number of aryl methyl sites for hydroxylation is 2. The minimum atomic E-state index is 1.28. The van der Waals surface area contributed by atoms with Crippen LogP contribution in [0.1, 0.15) is 11.1 Å². The van der Waals surface area contributed by atoms with E-state index >= 15 is 0 Å². The fraction of sp³-hybridized carbons (Fsp3) is 0.143. The second-order valence-electron chi connectivity index (χ2n) is 5.67. The Morgan fingerprint density at radius 1 is 0.500 bits per heavy atom. The van der Waals surface area contributed by atoms with Gasteiger partial charge in [0.25, 0.3) is 0 Å². The molecule has 0 aliphatic carbocycles. The third-order valence-corrected chi connectivity index (χ3v) is 6.27. The second-order valence-corrected chi connectivity index (χ2v) is 8.85. The number of rotatable bonds is 5. The molecule has 0 spiro atoms. The molecule has 0 bridgehead atoms. The van der Waals surface area contributed by atoms with E-state index in [2.05, 4.69) is 86.8 Å². The van der Waals surface area contributed by atoms with Gasteiger partial charge in [0, 0.05) is 24.5 Å². The normalized spacial score (nSPS) is 10.8. The SMILES string of the molecule is CSc1cc(Sc2ccc(C)cc2)cc(Sc2ccc(C)cc2)c1. The molecule has 3 aromatic rings. The zero-order chi connectivity index (χ0) is 16.9. The van der Waals surface area contributed by atoms with Gasteiger partial charge < -0.3 is 0 Å². The van der Waals surface area contributed by atoms with Crippen LogP contribution in [-0.4, -0.2) is 6.26 Å². The minimum Gasteiger partial charge on any atom is -0.130 e. The molecule has 3 heteroatoms. The van der Waals surface area contributed by atoms with Crippen LogP contribution < -0.4 is 0 Å². The van der Waals surface area contributed by atoms with Crippen molar-refractivity contribution in [1.82, 2.24) is 0 Å². The van der Waals surface area contributed by atoms with E-state index in [1.54, 1.807) is 11.8 Å². The van der Waals surface area contributed by atoms with Crippen LogP contribution in [0.4, 0.5) is 0 Å². The molecule has 0 unspecified atom stereocenters. The van der Waals surface area contributed by atoms with Gasteiger partial charge in [0.2, 0.25) is 0 Å². The van der Waals surface area contributed by atoms with Crippen molar-refractivity contribution in [1.29, 1.82) is 0 Å². The standard InChI is InChI=1S/C21H20S3/c1-15-4-8-17(9-5-15)23-20-12-19(22-3)13-21(14-20)24-18-10-6-16(2)7-11-18/h4-14H,1-3H3. The van der Waals surface area contributed by atoms with Crippen molar-refractivity contribution in [2.75, 3.05) is 6.26 Å². The molecule has 0 aromatic heterocycles. The van der Waals surface area contributed by atoms with E-state index in [-0.39, 0.29) is 0 Å². The van der Waals surface area contributed by atoms with Crippen LogP contribution in [0.5, 0.6) is 0 Å². The van der Waals surface area contributed by atoms with Crippen molar-refractivity contribution in [3.8, 4) is 0 Å². The topological polar surface area (TPSA) is 0 Å². The molecule has 3 aromatic carbocycles. The summed E-state index contributed by atoms with van der Waals surface area (Å²) in [7, 11) is 0. The van der Waals surface area contributed by atoms with E-state index in [1.807, 2.05) is 23.5 Å². The van der Waals surface area contributed by atoms with E-state index < -0.39 is 0 Å². The lowest BCUT2D eigenvalue weighted by Gasteiger charge is -2.09. The Bertz CT molecular complexity index is 740. The summed E-state index contributed by atoms with van der Waals surface area (Å²) in [5, 5.41) is 0. The highest BCUT2D eigenvalue weighted by atomic mass is 32.2. The number of hydrogen-bond donors (Lipinski definition) is 0. The monoisotopic (exact) mass is 368 g/mol. The maximum atomic E-state index is 2.29. The van der Waals surface area contributed by atoms with Crippen molar-refractivity contribution in [3.05, 3.63) is 77.9 Å². The maximum absolute atomic E-state index is 2.29. The van der Waals surface area contributed by atoms with Gasteiger partial charge >= 0.3 is 0 Å². The van der Waals surface area contributed by atoms with Gasteiger partial charge in [0.15, 0.2) is 0 Å². The Hall–Kier alpha value is -1.29. The Morgan fingerprint density at radius 2 is 0.875 bits per heavy atom. The van der Waals surface area contributed by atoms with Crippen LogP contribution in [0.3, 0.4) is 0 Å². The Morgan fingerprint density at radius 3 is 1.25 bits per heavy atom. The molecule has 0 amide bonds. The van der Waals surface area contributed by atoms with Gasteiger partial charge in [-0.1, -0.05) is 58.9 Å².